The molecule has 1 aromatic heterocycles. The number of hydrogen-bond acceptors (Lipinski definition) is 3. The summed E-state index contributed by atoms with van der Waals surface area (Å²) in [5, 5.41) is 6.81. The SMILES string of the molecule is Cc1nc(C(=O)NC2CCCC2CBr)cs1. The van der Waals surface area contributed by atoms with Crippen LogP contribution in [0.25, 0.3) is 0 Å². The molecule has 0 aromatic carbocycles. The van der Waals surface area contributed by atoms with Crippen LogP contribution in [-0.2, 0) is 0 Å². The highest BCUT2D eigenvalue weighted by Crippen LogP contribution is 2.27. The summed E-state index contributed by atoms with van der Waals surface area (Å²) in [6, 6.07) is 0.314. The van der Waals surface area contributed by atoms with Gasteiger partial charge >= 0.3 is 0 Å². The number of carbonyl (C=O) groups is 1. The molecule has 16 heavy (non-hydrogen) atoms. The van der Waals surface area contributed by atoms with Crippen LogP contribution in [0, 0.1) is 12.8 Å². The lowest BCUT2D eigenvalue weighted by molar-refractivity contribution is 0.0926. The number of alkyl halides is 1. The van der Waals surface area contributed by atoms with Crippen molar-refractivity contribution >= 4 is 33.2 Å². The van der Waals surface area contributed by atoms with E-state index in [9.17, 15) is 4.79 Å². The van der Waals surface area contributed by atoms with E-state index in [-0.39, 0.29) is 5.91 Å². The van der Waals surface area contributed by atoms with Crippen LogP contribution in [0.2, 0.25) is 0 Å². The highest BCUT2D eigenvalue weighted by molar-refractivity contribution is 9.09. The van der Waals surface area contributed by atoms with E-state index >= 15 is 0 Å². The third-order valence-electron chi connectivity index (χ3n) is 3.03. The van der Waals surface area contributed by atoms with Gasteiger partial charge in [0.15, 0.2) is 0 Å². The Bertz CT molecular complexity index is 380. The number of nitrogens with one attached hydrogen (secondary N) is 1. The number of amides is 1. The van der Waals surface area contributed by atoms with E-state index in [2.05, 4.69) is 26.2 Å². The van der Waals surface area contributed by atoms with E-state index in [4.69, 9.17) is 0 Å². The molecule has 1 aromatic rings. The fraction of sp³-hybridized carbons (Fsp3) is 0.636. The lowest BCUT2D eigenvalue weighted by Crippen LogP contribution is -2.38. The fourth-order valence-corrected chi connectivity index (χ4v) is 3.49. The Morgan fingerprint density at radius 2 is 2.50 bits per heavy atom. The topological polar surface area (TPSA) is 42.0 Å². The summed E-state index contributed by atoms with van der Waals surface area (Å²) >= 11 is 5.02. The van der Waals surface area contributed by atoms with Crippen molar-refractivity contribution in [2.75, 3.05) is 5.33 Å². The Morgan fingerprint density at radius 3 is 3.12 bits per heavy atom. The van der Waals surface area contributed by atoms with Crippen molar-refractivity contribution in [1.82, 2.24) is 10.3 Å². The first-order valence-corrected chi connectivity index (χ1v) is 7.49. The zero-order valence-electron chi connectivity index (χ0n) is 9.20. The molecule has 3 nitrogen and oxygen atoms in total. The van der Waals surface area contributed by atoms with Gasteiger partial charge in [0.25, 0.3) is 5.91 Å². The number of carbonyl (C=O) groups excluding carboxylic acids is 1. The molecule has 2 rings (SSSR count). The molecule has 1 aliphatic rings. The van der Waals surface area contributed by atoms with Gasteiger partial charge in [-0.2, -0.15) is 0 Å². The second-order valence-electron chi connectivity index (χ2n) is 4.18. The van der Waals surface area contributed by atoms with Crippen LogP contribution in [0.15, 0.2) is 5.38 Å². The summed E-state index contributed by atoms with van der Waals surface area (Å²) in [5.74, 6) is 0.547. The molecule has 1 fully saturated rings. The summed E-state index contributed by atoms with van der Waals surface area (Å²) in [7, 11) is 0. The lowest BCUT2D eigenvalue weighted by atomic mass is 10.1. The fourth-order valence-electron chi connectivity index (χ4n) is 2.12. The minimum absolute atomic E-state index is 0.0257. The van der Waals surface area contributed by atoms with Gasteiger partial charge in [0.2, 0.25) is 0 Å². The van der Waals surface area contributed by atoms with Crippen molar-refractivity contribution < 1.29 is 4.79 Å². The molecular weight excluding hydrogens is 288 g/mol. The molecular formula is C11H15BrN2OS. The Balaban J connectivity index is 1.97. The van der Waals surface area contributed by atoms with E-state index in [1.54, 1.807) is 0 Å². The Kier molecular flexibility index (Phi) is 3.97. The van der Waals surface area contributed by atoms with Gasteiger partial charge in [0, 0.05) is 16.8 Å². The molecule has 1 heterocycles. The zero-order valence-corrected chi connectivity index (χ0v) is 11.6. The summed E-state index contributed by atoms with van der Waals surface area (Å²) in [6.45, 7) is 1.91. The van der Waals surface area contributed by atoms with Crippen LogP contribution in [-0.4, -0.2) is 22.3 Å². The maximum atomic E-state index is 11.9. The average molecular weight is 303 g/mol. The standard InChI is InChI=1S/C11H15BrN2OS/c1-7-13-10(6-16-7)11(15)14-9-4-2-3-8(9)5-12/h6,8-9H,2-5H2,1H3,(H,14,15). The zero-order chi connectivity index (χ0) is 11.5. The minimum atomic E-state index is -0.0257. The van der Waals surface area contributed by atoms with Crippen LogP contribution in [0.3, 0.4) is 0 Å². The molecule has 1 saturated carbocycles. The lowest BCUT2D eigenvalue weighted by Gasteiger charge is -2.18. The van der Waals surface area contributed by atoms with Crippen LogP contribution in [0.4, 0.5) is 0 Å². The van der Waals surface area contributed by atoms with Crippen LogP contribution >= 0.6 is 27.3 Å². The van der Waals surface area contributed by atoms with Gasteiger partial charge in [-0.05, 0) is 25.7 Å². The molecule has 5 heteroatoms. The summed E-state index contributed by atoms with van der Waals surface area (Å²) in [6.07, 6.45) is 3.49. The molecule has 0 radical (unpaired) electrons. The van der Waals surface area contributed by atoms with Gasteiger partial charge in [-0.25, -0.2) is 4.98 Å². The predicted octanol–water partition coefficient (Wildman–Crippen LogP) is 2.74. The highest BCUT2D eigenvalue weighted by Gasteiger charge is 2.28. The average Bonchev–Trinajstić information content (AvgIpc) is 2.86. The Labute approximate surface area is 108 Å². The normalized spacial score (nSPS) is 24.6. The quantitative estimate of drug-likeness (QED) is 0.872. The van der Waals surface area contributed by atoms with Gasteiger partial charge in [-0.1, -0.05) is 22.4 Å². The molecule has 88 valence electrons. The van der Waals surface area contributed by atoms with Crippen molar-refractivity contribution in [3.8, 4) is 0 Å². The second kappa shape index (κ2) is 5.27. The van der Waals surface area contributed by atoms with E-state index in [1.807, 2.05) is 12.3 Å². The summed E-state index contributed by atoms with van der Waals surface area (Å²) in [5.41, 5.74) is 0.558. The van der Waals surface area contributed by atoms with E-state index in [0.717, 1.165) is 16.8 Å². The smallest absolute Gasteiger partial charge is 0.270 e. The largest absolute Gasteiger partial charge is 0.348 e. The van der Waals surface area contributed by atoms with Gasteiger partial charge in [0.05, 0.1) is 5.01 Å². The minimum Gasteiger partial charge on any atom is -0.348 e. The molecule has 0 spiro atoms. The highest BCUT2D eigenvalue weighted by atomic mass is 79.9. The third-order valence-corrected chi connectivity index (χ3v) is 4.63. The Hall–Kier alpha value is -0.420. The Morgan fingerprint density at radius 1 is 1.69 bits per heavy atom. The van der Waals surface area contributed by atoms with Crippen LogP contribution < -0.4 is 5.32 Å². The van der Waals surface area contributed by atoms with Crippen LogP contribution in [0.5, 0.6) is 0 Å². The number of aryl methyl sites for hydroxylation is 1. The number of rotatable bonds is 3. The number of nitrogens with zero attached hydrogens (tertiary/aromatic N) is 1. The number of hydrogen-bond donors (Lipinski definition) is 1. The molecule has 1 N–H and O–H groups in total. The maximum Gasteiger partial charge on any atom is 0.270 e. The number of thiazole rings is 1. The summed E-state index contributed by atoms with van der Waals surface area (Å²) in [4.78, 5) is 16.1. The number of aromatic nitrogens is 1. The van der Waals surface area contributed by atoms with E-state index < -0.39 is 0 Å². The monoisotopic (exact) mass is 302 g/mol. The summed E-state index contributed by atoms with van der Waals surface area (Å²) < 4.78 is 0. The van der Waals surface area contributed by atoms with E-state index in [0.29, 0.717) is 17.7 Å². The second-order valence-corrected chi connectivity index (χ2v) is 5.89. The third kappa shape index (κ3) is 2.63. The van der Waals surface area contributed by atoms with Crippen molar-refractivity contribution in [1.29, 1.82) is 0 Å². The van der Waals surface area contributed by atoms with Crippen LogP contribution in [0.1, 0.15) is 34.8 Å². The van der Waals surface area contributed by atoms with Gasteiger partial charge in [-0.3, -0.25) is 4.79 Å². The molecule has 2 unspecified atom stereocenters. The first-order valence-electron chi connectivity index (χ1n) is 5.49. The molecule has 1 aliphatic carbocycles. The van der Waals surface area contributed by atoms with Crippen molar-refractivity contribution in [2.24, 2.45) is 5.92 Å². The first-order chi connectivity index (χ1) is 7.70. The van der Waals surface area contributed by atoms with Crippen molar-refractivity contribution in [3.05, 3.63) is 16.1 Å². The van der Waals surface area contributed by atoms with Crippen molar-refractivity contribution in [2.45, 2.75) is 32.2 Å². The molecule has 1 amide bonds. The van der Waals surface area contributed by atoms with E-state index in [1.165, 1.54) is 24.2 Å². The van der Waals surface area contributed by atoms with Gasteiger partial charge in [-0.15, -0.1) is 11.3 Å². The van der Waals surface area contributed by atoms with Gasteiger partial charge in [0.1, 0.15) is 5.69 Å². The molecule has 2 atom stereocenters. The first kappa shape index (κ1) is 12.0. The van der Waals surface area contributed by atoms with Gasteiger partial charge < -0.3 is 5.32 Å². The maximum absolute atomic E-state index is 11.9. The molecule has 0 bridgehead atoms. The van der Waals surface area contributed by atoms with Crippen molar-refractivity contribution in [3.63, 3.8) is 0 Å². The molecule has 0 saturated heterocycles. The number of halogens is 1. The molecule has 0 aliphatic heterocycles. The predicted molar refractivity (Wildman–Crippen MR) is 69.2 cm³/mol.